The lowest BCUT2D eigenvalue weighted by atomic mass is 10.1. The monoisotopic (exact) mass is 280 g/mol. The van der Waals surface area contributed by atoms with Crippen molar-refractivity contribution < 1.29 is 9.53 Å². The van der Waals surface area contributed by atoms with Gasteiger partial charge in [0.05, 0.1) is 25.0 Å². The van der Waals surface area contributed by atoms with E-state index in [-0.39, 0.29) is 17.9 Å². The van der Waals surface area contributed by atoms with Crippen molar-refractivity contribution in [3.63, 3.8) is 0 Å². The highest BCUT2D eigenvalue weighted by Gasteiger charge is 2.17. The topological polar surface area (TPSA) is 76.1 Å². The molecule has 0 aliphatic heterocycles. The van der Waals surface area contributed by atoms with Crippen LogP contribution in [0.1, 0.15) is 37.7 Å². The molecule has 0 aromatic carbocycles. The Morgan fingerprint density at radius 1 is 1.35 bits per heavy atom. The zero-order chi connectivity index (χ0) is 15.0. The molecule has 0 aliphatic rings. The van der Waals surface area contributed by atoms with Gasteiger partial charge in [-0.3, -0.25) is 4.79 Å². The minimum atomic E-state index is -0.227. The summed E-state index contributed by atoms with van der Waals surface area (Å²) < 4.78 is 5.10. The minimum absolute atomic E-state index is 0.0350. The van der Waals surface area contributed by atoms with Crippen molar-refractivity contribution in [2.75, 3.05) is 25.6 Å². The number of carbonyl (C=O) groups excluding carboxylic acids is 1. The third kappa shape index (κ3) is 5.13. The molecular formula is C14H24N4O2. The first-order chi connectivity index (χ1) is 9.58. The lowest BCUT2D eigenvalue weighted by Gasteiger charge is -2.21. The molecule has 0 bridgehead atoms. The Morgan fingerprint density at radius 2 is 2.10 bits per heavy atom. The van der Waals surface area contributed by atoms with Crippen molar-refractivity contribution in [3.05, 3.63) is 18.1 Å². The largest absolute Gasteiger partial charge is 0.383 e. The molecule has 6 nitrogen and oxygen atoms in total. The van der Waals surface area contributed by atoms with Crippen LogP contribution in [0.4, 0.5) is 5.82 Å². The molecule has 1 atom stereocenters. The van der Waals surface area contributed by atoms with Gasteiger partial charge >= 0.3 is 0 Å². The molecule has 112 valence electrons. The standard InChI is InChI=1S/C14H24N4O2/c1-5-6-15-13-8-16-11(7-17-13)14(19)18-12(9-20-4)10(2)3/h7-8,10,12H,5-6,9H2,1-4H3,(H,15,17)(H,18,19). The van der Waals surface area contributed by atoms with E-state index >= 15 is 0 Å². The Hall–Kier alpha value is -1.69. The smallest absolute Gasteiger partial charge is 0.271 e. The average molecular weight is 280 g/mol. The molecule has 1 aromatic heterocycles. The third-order valence-electron chi connectivity index (χ3n) is 2.91. The summed E-state index contributed by atoms with van der Waals surface area (Å²) in [5.41, 5.74) is 0.314. The van der Waals surface area contributed by atoms with E-state index < -0.39 is 0 Å². The maximum atomic E-state index is 12.1. The number of carbonyl (C=O) groups is 1. The molecule has 0 saturated heterocycles. The normalized spacial score (nSPS) is 12.2. The SMILES string of the molecule is CCCNc1cnc(C(=O)NC(COC)C(C)C)cn1. The number of anilines is 1. The first-order valence-electron chi connectivity index (χ1n) is 6.94. The van der Waals surface area contributed by atoms with Crippen LogP contribution >= 0.6 is 0 Å². The Morgan fingerprint density at radius 3 is 2.60 bits per heavy atom. The highest BCUT2D eigenvalue weighted by atomic mass is 16.5. The highest BCUT2D eigenvalue weighted by Crippen LogP contribution is 2.05. The van der Waals surface area contributed by atoms with E-state index in [0.717, 1.165) is 13.0 Å². The Kier molecular flexibility index (Phi) is 6.93. The molecule has 0 saturated carbocycles. The first-order valence-corrected chi connectivity index (χ1v) is 6.94. The van der Waals surface area contributed by atoms with Crippen LogP contribution in [0, 0.1) is 5.92 Å². The van der Waals surface area contributed by atoms with Crippen LogP contribution in [0.15, 0.2) is 12.4 Å². The fourth-order valence-electron chi connectivity index (χ4n) is 1.61. The number of nitrogens with zero attached hydrogens (tertiary/aromatic N) is 2. The first kappa shape index (κ1) is 16.4. The van der Waals surface area contributed by atoms with Crippen LogP contribution in [-0.4, -0.2) is 42.2 Å². The van der Waals surface area contributed by atoms with Gasteiger partial charge in [-0.1, -0.05) is 20.8 Å². The molecule has 20 heavy (non-hydrogen) atoms. The summed E-state index contributed by atoms with van der Waals surface area (Å²) >= 11 is 0. The van der Waals surface area contributed by atoms with E-state index in [1.807, 2.05) is 13.8 Å². The second-order valence-electron chi connectivity index (χ2n) is 4.99. The quantitative estimate of drug-likeness (QED) is 0.758. The van der Waals surface area contributed by atoms with Gasteiger partial charge in [0.2, 0.25) is 0 Å². The van der Waals surface area contributed by atoms with E-state index in [1.165, 1.54) is 6.20 Å². The van der Waals surface area contributed by atoms with Crippen molar-refractivity contribution in [2.45, 2.75) is 33.2 Å². The fraction of sp³-hybridized carbons (Fsp3) is 0.643. The molecule has 1 unspecified atom stereocenters. The zero-order valence-corrected chi connectivity index (χ0v) is 12.6. The van der Waals surface area contributed by atoms with Crippen LogP contribution < -0.4 is 10.6 Å². The Labute approximate surface area is 120 Å². The third-order valence-corrected chi connectivity index (χ3v) is 2.91. The minimum Gasteiger partial charge on any atom is -0.383 e. The second-order valence-corrected chi connectivity index (χ2v) is 4.99. The van der Waals surface area contributed by atoms with E-state index in [4.69, 9.17) is 4.74 Å². The number of rotatable bonds is 8. The van der Waals surface area contributed by atoms with Crippen LogP contribution in [0.5, 0.6) is 0 Å². The summed E-state index contributed by atoms with van der Waals surface area (Å²) in [7, 11) is 1.62. The molecule has 1 rings (SSSR count). The molecule has 2 N–H and O–H groups in total. The molecule has 0 radical (unpaired) electrons. The van der Waals surface area contributed by atoms with Crippen molar-refractivity contribution in [3.8, 4) is 0 Å². The zero-order valence-electron chi connectivity index (χ0n) is 12.6. The summed E-state index contributed by atoms with van der Waals surface area (Å²) in [6.07, 6.45) is 4.07. The fourth-order valence-corrected chi connectivity index (χ4v) is 1.61. The number of ether oxygens (including phenoxy) is 1. The van der Waals surface area contributed by atoms with Crippen LogP contribution in [0.2, 0.25) is 0 Å². The Balaban J connectivity index is 2.62. The summed E-state index contributed by atoms with van der Waals surface area (Å²) in [6.45, 7) is 7.46. The lowest BCUT2D eigenvalue weighted by Crippen LogP contribution is -2.42. The van der Waals surface area contributed by atoms with Gasteiger partial charge in [0.1, 0.15) is 11.5 Å². The maximum absolute atomic E-state index is 12.1. The van der Waals surface area contributed by atoms with Gasteiger partial charge in [0.25, 0.3) is 5.91 Å². The van der Waals surface area contributed by atoms with E-state index in [9.17, 15) is 4.79 Å². The van der Waals surface area contributed by atoms with Crippen molar-refractivity contribution in [1.29, 1.82) is 0 Å². The molecule has 0 fully saturated rings. The van der Waals surface area contributed by atoms with Crippen LogP contribution in [-0.2, 0) is 4.74 Å². The van der Waals surface area contributed by atoms with Gasteiger partial charge in [-0.15, -0.1) is 0 Å². The molecule has 6 heteroatoms. The number of amides is 1. The molecule has 0 aliphatic carbocycles. The maximum Gasteiger partial charge on any atom is 0.271 e. The molecule has 0 spiro atoms. The second kappa shape index (κ2) is 8.47. The predicted molar refractivity (Wildman–Crippen MR) is 78.8 cm³/mol. The summed E-state index contributed by atoms with van der Waals surface area (Å²) in [6, 6.07) is -0.0350. The number of methoxy groups -OCH3 is 1. The van der Waals surface area contributed by atoms with Gasteiger partial charge in [-0.25, -0.2) is 9.97 Å². The molecule has 1 heterocycles. The van der Waals surface area contributed by atoms with Crippen LogP contribution in [0.3, 0.4) is 0 Å². The number of aromatic nitrogens is 2. The van der Waals surface area contributed by atoms with Gasteiger partial charge in [0, 0.05) is 13.7 Å². The average Bonchev–Trinajstić information content (AvgIpc) is 2.45. The van der Waals surface area contributed by atoms with Crippen LogP contribution in [0.25, 0.3) is 0 Å². The van der Waals surface area contributed by atoms with Gasteiger partial charge in [-0.05, 0) is 12.3 Å². The highest BCUT2D eigenvalue weighted by molar-refractivity contribution is 5.92. The number of nitrogens with one attached hydrogen (secondary N) is 2. The molecule has 1 aromatic rings. The van der Waals surface area contributed by atoms with Gasteiger partial charge in [-0.2, -0.15) is 0 Å². The number of hydrogen-bond donors (Lipinski definition) is 2. The van der Waals surface area contributed by atoms with E-state index in [2.05, 4.69) is 27.5 Å². The summed E-state index contributed by atoms with van der Waals surface area (Å²) in [5, 5.41) is 6.02. The van der Waals surface area contributed by atoms with Gasteiger partial charge < -0.3 is 15.4 Å². The van der Waals surface area contributed by atoms with Crippen molar-refractivity contribution in [2.24, 2.45) is 5.92 Å². The summed E-state index contributed by atoms with van der Waals surface area (Å²) in [5.74, 6) is 0.744. The molecular weight excluding hydrogens is 256 g/mol. The lowest BCUT2D eigenvalue weighted by molar-refractivity contribution is 0.0861. The van der Waals surface area contributed by atoms with Crippen molar-refractivity contribution >= 4 is 11.7 Å². The Bertz CT molecular complexity index is 406. The van der Waals surface area contributed by atoms with Crippen molar-refractivity contribution in [1.82, 2.24) is 15.3 Å². The molecule has 1 amide bonds. The predicted octanol–water partition coefficient (Wildman–Crippen LogP) is 1.70. The van der Waals surface area contributed by atoms with E-state index in [0.29, 0.717) is 18.1 Å². The summed E-state index contributed by atoms with van der Waals surface area (Å²) in [4.78, 5) is 20.4. The van der Waals surface area contributed by atoms with E-state index in [1.54, 1.807) is 13.3 Å². The van der Waals surface area contributed by atoms with Gasteiger partial charge in [0.15, 0.2) is 0 Å². The number of hydrogen-bond acceptors (Lipinski definition) is 5.